The topological polar surface area (TPSA) is 46.8 Å². The first kappa shape index (κ1) is 11.7. The molecule has 2 aromatic heterocycles. The molecule has 0 amide bonds. The Kier molecular flexibility index (Phi) is 3.07. The Labute approximate surface area is 107 Å². The number of hydrogen-bond acceptors (Lipinski definition) is 3. The fourth-order valence-corrected chi connectivity index (χ4v) is 1.90. The number of fused-ring (bicyclic) bond motifs is 1. The molecule has 2 heterocycles. The number of halogens is 1. The molecule has 0 saturated heterocycles. The summed E-state index contributed by atoms with van der Waals surface area (Å²) in [6, 6.07) is 3.84. The number of aromatic nitrogens is 2. The van der Waals surface area contributed by atoms with Crippen LogP contribution in [0.25, 0.3) is 5.52 Å². The number of pyridine rings is 1. The van der Waals surface area contributed by atoms with Crippen LogP contribution in [0.4, 0.5) is 0 Å². The lowest BCUT2D eigenvalue weighted by molar-refractivity contribution is 0.0408. The van der Waals surface area contributed by atoms with E-state index in [1.54, 1.807) is 10.7 Å². The Morgan fingerprint density at radius 2 is 2.25 bits per heavy atom. The van der Waals surface area contributed by atoms with Crippen molar-refractivity contribution in [2.45, 2.75) is 19.4 Å². The van der Waals surface area contributed by atoms with Gasteiger partial charge in [0.2, 0.25) is 0 Å². The molecular formula is C11H13IN2O2. The second-order valence-corrected chi connectivity index (χ2v) is 5.37. The predicted molar refractivity (Wildman–Crippen MR) is 69.7 cm³/mol. The molecule has 0 spiro atoms. The third-order valence-corrected chi connectivity index (χ3v) is 3.05. The van der Waals surface area contributed by atoms with E-state index in [0.717, 1.165) is 9.09 Å². The SMILES string of the molecule is CC(C)(CO)Oc1ccc2c(I)cnn2c1. The molecular weight excluding hydrogens is 319 g/mol. The molecule has 0 unspecified atom stereocenters. The zero-order valence-corrected chi connectivity index (χ0v) is 11.3. The van der Waals surface area contributed by atoms with E-state index in [9.17, 15) is 0 Å². The zero-order chi connectivity index (χ0) is 11.8. The molecule has 0 aliphatic heterocycles. The fourth-order valence-electron chi connectivity index (χ4n) is 1.35. The Hall–Kier alpha value is -0.820. The maximum Gasteiger partial charge on any atom is 0.138 e. The van der Waals surface area contributed by atoms with E-state index in [1.807, 2.05) is 32.2 Å². The standard InChI is InChI=1S/C11H13IN2O2/c1-11(2,7-15)16-8-3-4-10-9(12)5-13-14(10)6-8/h3-6,15H,7H2,1-2H3. The van der Waals surface area contributed by atoms with Gasteiger partial charge in [-0.05, 0) is 48.6 Å². The van der Waals surface area contributed by atoms with E-state index in [2.05, 4.69) is 27.7 Å². The van der Waals surface area contributed by atoms with Crippen LogP contribution in [-0.4, -0.2) is 26.9 Å². The van der Waals surface area contributed by atoms with Gasteiger partial charge in [0.25, 0.3) is 0 Å². The highest BCUT2D eigenvalue weighted by molar-refractivity contribution is 14.1. The summed E-state index contributed by atoms with van der Waals surface area (Å²) in [5.41, 5.74) is 0.475. The fraction of sp³-hybridized carbons (Fsp3) is 0.364. The second-order valence-electron chi connectivity index (χ2n) is 4.21. The monoisotopic (exact) mass is 332 g/mol. The van der Waals surface area contributed by atoms with Crippen molar-refractivity contribution in [3.05, 3.63) is 28.1 Å². The summed E-state index contributed by atoms with van der Waals surface area (Å²) in [5.74, 6) is 0.700. The van der Waals surface area contributed by atoms with Gasteiger partial charge in [0.05, 0.1) is 28.1 Å². The first-order valence-electron chi connectivity index (χ1n) is 4.95. The molecule has 0 saturated carbocycles. The van der Waals surface area contributed by atoms with Gasteiger partial charge < -0.3 is 9.84 Å². The van der Waals surface area contributed by atoms with Gasteiger partial charge in [0.15, 0.2) is 0 Å². The van der Waals surface area contributed by atoms with Crippen LogP contribution in [0, 0.1) is 3.57 Å². The van der Waals surface area contributed by atoms with Gasteiger partial charge in [0.1, 0.15) is 11.4 Å². The molecule has 16 heavy (non-hydrogen) atoms. The van der Waals surface area contributed by atoms with Crippen LogP contribution in [0.2, 0.25) is 0 Å². The third-order valence-electron chi connectivity index (χ3n) is 2.22. The molecule has 86 valence electrons. The number of hydrogen-bond donors (Lipinski definition) is 1. The van der Waals surface area contributed by atoms with E-state index in [1.165, 1.54) is 0 Å². The van der Waals surface area contributed by atoms with Crippen molar-refractivity contribution in [1.29, 1.82) is 0 Å². The Balaban J connectivity index is 2.33. The van der Waals surface area contributed by atoms with Crippen molar-refractivity contribution in [3.63, 3.8) is 0 Å². The van der Waals surface area contributed by atoms with Crippen molar-refractivity contribution in [2.24, 2.45) is 0 Å². The average molecular weight is 332 g/mol. The minimum Gasteiger partial charge on any atom is -0.484 e. The Morgan fingerprint density at radius 3 is 2.94 bits per heavy atom. The van der Waals surface area contributed by atoms with Crippen LogP contribution in [0.5, 0.6) is 5.75 Å². The number of aliphatic hydroxyl groups excluding tert-OH is 1. The molecule has 0 aliphatic carbocycles. The highest BCUT2D eigenvalue weighted by Crippen LogP contribution is 2.21. The predicted octanol–water partition coefficient (Wildman–Crippen LogP) is 2.09. The molecule has 2 rings (SSSR count). The minimum absolute atomic E-state index is 0.0261. The molecule has 2 aromatic rings. The highest BCUT2D eigenvalue weighted by Gasteiger charge is 2.18. The summed E-state index contributed by atoms with van der Waals surface area (Å²) in [4.78, 5) is 0. The van der Waals surface area contributed by atoms with E-state index in [0.29, 0.717) is 5.75 Å². The Bertz CT molecular complexity index is 508. The largest absolute Gasteiger partial charge is 0.484 e. The molecule has 0 bridgehead atoms. The first-order valence-corrected chi connectivity index (χ1v) is 6.02. The highest BCUT2D eigenvalue weighted by atomic mass is 127. The van der Waals surface area contributed by atoms with Crippen molar-refractivity contribution in [3.8, 4) is 5.75 Å². The molecule has 0 atom stereocenters. The van der Waals surface area contributed by atoms with E-state index in [4.69, 9.17) is 9.84 Å². The molecule has 0 aromatic carbocycles. The summed E-state index contributed by atoms with van der Waals surface area (Å²) in [5, 5.41) is 13.3. The minimum atomic E-state index is -0.575. The number of ether oxygens (including phenoxy) is 1. The van der Waals surface area contributed by atoms with Crippen LogP contribution in [0.3, 0.4) is 0 Å². The smallest absolute Gasteiger partial charge is 0.138 e. The molecule has 0 aliphatic rings. The average Bonchev–Trinajstić information content (AvgIpc) is 2.60. The van der Waals surface area contributed by atoms with Crippen LogP contribution < -0.4 is 4.74 Å². The van der Waals surface area contributed by atoms with Crippen LogP contribution in [-0.2, 0) is 0 Å². The van der Waals surface area contributed by atoms with Crippen LogP contribution >= 0.6 is 22.6 Å². The quantitative estimate of drug-likeness (QED) is 0.876. The van der Waals surface area contributed by atoms with Crippen molar-refractivity contribution >= 4 is 28.1 Å². The van der Waals surface area contributed by atoms with Gasteiger partial charge in [-0.1, -0.05) is 0 Å². The summed E-state index contributed by atoms with van der Waals surface area (Å²) in [6.45, 7) is 3.65. The molecule has 4 nitrogen and oxygen atoms in total. The van der Waals surface area contributed by atoms with Gasteiger partial charge in [-0.15, -0.1) is 0 Å². The third kappa shape index (κ3) is 2.30. The lowest BCUT2D eigenvalue weighted by Gasteiger charge is -2.23. The summed E-state index contributed by atoms with van der Waals surface area (Å²) >= 11 is 2.24. The van der Waals surface area contributed by atoms with E-state index in [-0.39, 0.29) is 6.61 Å². The molecule has 1 N–H and O–H groups in total. The summed E-state index contributed by atoms with van der Waals surface area (Å²) in [7, 11) is 0. The second kappa shape index (κ2) is 4.21. The lowest BCUT2D eigenvalue weighted by Crippen LogP contribution is -2.32. The van der Waals surface area contributed by atoms with Gasteiger partial charge in [-0.25, -0.2) is 4.52 Å². The maximum absolute atomic E-state index is 9.12. The maximum atomic E-state index is 9.12. The van der Waals surface area contributed by atoms with E-state index < -0.39 is 5.60 Å². The Morgan fingerprint density at radius 1 is 1.50 bits per heavy atom. The number of nitrogens with zero attached hydrogens (tertiary/aromatic N) is 2. The van der Waals surface area contributed by atoms with Crippen LogP contribution in [0.1, 0.15) is 13.8 Å². The number of aliphatic hydroxyl groups is 1. The van der Waals surface area contributed by atoms with Gasteiger partial charge >= 0.3 is 0 Å². The van der Waals surface area contributed by atoms with Gasteiger partial charge in [0, 0.05) is 0 Å². The molecule has 0 fully saturated rings. The van der Waals surface area contributed by atoms with Crippen molar-refractivity contribution in [1.82, 2.24) is 9.61 Å². The molecule has 5 heteroatoms. The van der Waals surface area contributed by atoms with Crippen molar-refractivity contribution < 1.29 is 9.84 Å². The van der Waals surface area contributed by atoms with Crippen LogP contribution in [0.15, 0.2) is 24.5 Å². The van der Waals surface area contributed by atoms with Crippen molar-refractivity contribution in [2.75, 3.05) is 6.61 Å². The zero-order valence-electron chi connectivity index (χ0n) is 9.14. The summed E-state index contributed by atoms with van der Waals surface area (Å²) in [6.07, 6.45) is 3.62. The lowest BCUT2D eigenvalue weighted by atomic mass is 10.1. The normalized spacial score (nSPS) is 12.0. The number of rotatable bonds is 3. The van der Waals surface area contributed by atoms with Gasteiger partial charge in [-0.3, -0.25) is 0 Å². The first-order chi connectivity index (χ1) is 7.52. The molecule has 0 radical (unpaired) electrons. The van der Waals surface area contributed by atoms with Gasteiger partial charge in [-0.2, -0.15) is 5.10 Å². The summed E-state index contributed by atoms with van der Waals surface area (Å²) < 4.78 is 8.53. The van der Waals surface area contributed by atoms with E-state index >= 15 is 0 Å².